The molecule has 28 heavy (non-hydrogen) atoms. The zero-order chi connectivity index (χ0) is 20.7. The van der Waals surface area contributed by atoms with Crippen molar-refractivity contribution in [3.05, 3.63) is 39.8 Å². The van der Waals surface area contributed by atoms with E-state index in [1.165, 1.54) is 3.40 Å². The maximum absolute atomic E-state index is 6.16. The number of H-pyrrole nitrogens is 1. The number of nitrogens with one attached hydrogen (secondary N) is 1. The van der Waals surface area contributed by atoms with Gasteiger partial charge in [0.2, 0.25) is 0 Å². The van der Waals surface area contributed by atoms with E-state index in [4.69, 9.17) is 0 Å². The third-order valence-corrected chi connectivity index (χ3v) is 95.0. The molecule has 1 aromatic rings. The smallest absolute Gasteiger partial charge is 0.147 e. The molecule has 0 amide bonds. The second-order valence-electron chi connectivity index (χ2n) is 17.2. The molecule has 1 N–H and O–H groups in total. The standard InChI is InChI=1S/C5H5.C4H4N.2C4H9.C3H6.4CH3.2ClH.Zr/c2*1-2-4-5-3-1;2*1-4(2)3;1-3-2;;;;;;;/h1-3H,4H2;1-3,5H;2*1-3H3;1-2H3;4*1H3;2*1H;. The summed E-state index contributed by atoms with van der Waals surface area (Å²) < 4.78 is 15.4. The number of rotatable bonds is 2. The van der Waals surface area contributed by atoms with E-state index in [2.05, 4.69) is 115 Å². The van der Waals surface area contributed by atoms with Gasteiger partial charge in [-0.3, -0.25) is 0 Å². The molecule has 0 fully saturated rings. The van der Waals surface area contributed by atoms with Gasteiger partial charge in [-0.15, -0.1) is 24.8 Å². The van der Waals surface area contributed by atoms with Gasteiger partial charge < -0.3 is 0 Å². The fourth-order valence-corrected chi connectivity index (χ4v) is 44.4. The zero-order valence-electron chi connectivity index (χ0n) is 20.5. The van der Waals surface area contributed by atoms with Crippen LogP contribution in [0.3, 0.4) is 0 Å². The van der Waals surface area contributed by atoms with Gasteiger partial charge in [-0.25, -0.2) is 0 Å². The largest absolute Gasteiger partial charge is 0.147 e. The van der Waals surface area contributed by atoms with Crippen LogP contribution in [0.4, 0.5) is 0 Å². The van der Waals surface area contributed by atoms with E-state index in [-0.39, 0.29) is 31.1 Å². The van der Waals surface area contributed by atoms with Crippen LogP contribution in [0.15, 0.2) is 39.8 Å². The molecule has 1 heterocycles. The van der Waals surface area contributed by atoms with Gasteiger partial charge in [-0.05, 0) is 0 Å². The van der Waals surface area contributed by atoms with Gasteiger partial charge in [0.05, 0.1) is 0 Å². The summed E-state index contributed by atoms with van der Waals surface area (Å²) in [5.74, 6) is 0. The summed E-state index contributed by atoms with van der Waals surface area (Å²) in [6.45, 7) is 19.8. The molecule has 0 aromatic carbocycles. The van der Waals surface area contributed by atoms with Crippen LogP contribution in [0, 0.1) is 0 Å². The Kier molecular flexibility index (Phi) is 4.37. The predicted octanol–water partition coefficient (Wildman–Crippen LogP) is 9.00. The van der Waals surface area contributed by atoms with Crippen LogP contribution in [0.25, 0.3) is 0 Å². The number of hydrogen-bond acceptors (Lipinski definition) is 0. The normalized spacial score (nSPS) is 22.6. The molecular formula is C24H47Cl2NZr. The Morgan fingerprint density at radius 3 is 1.61 bits per heavy atom. The Morgan fingerprint density at radius 1 is 0.893 bits per heavy atom. The van der Waals surface area contributed by atoms with Gasteiger partial charge in [0.25, 0.3) is 0 Å². The van der Waals surface area contributed by atoms with Crippen molar-refractivity contribution in [3.8, 4) is 0 Å². The van der Waals surface area contributed by atoms with Gasteiger partial charge in [-0.1, -0.05) is 0 Å². The molecule has 0 saturated carbocycles. The second kappa shape index (κ2) is 4.35. The van der Waals surface area contributed by atoms with E-state index < -0.39 is 12.4 Å². The minimum Gasteiger partial charge on any atom is -0.147 e. The molecule has 0 radical (unpaired) electrons. The fourth-order valence-electron chi connectivity index (χ4n) is 7.98. The average molecular weight is 512 g/mol. The summed E-state index contributed by atoms with van der Waals surface area (Å²) in [4.78, 5) is 3.84. The van der Waals surface area contributed by atoms with Crippen LogP contribution in [0.2, 0.25) is 24.8 Å². The third kappa shape index (κ3) is 1.36. The van der Waals surface area contributed by atoms with Crippen LogP contribution in [0.1, 0.15) is 61.8 Å². The summed E-state index contributed by atoms with van der Waals surface area (Å²) in [7, 11) is 0. The Balaban J connectivity index is 0.00000364. The molecule has 0 unspecified atom stereocenters. The van der Waals surface area contributed by atoms with Crippen molar-refractivity contribution < 1.29 is 12.4 Å². The summed E-state index contributed by atoms with van der Waals surface area (Å²) >= 11 is -6.16. The van der Waals surface area contributed by atoms with Crippen LogP contribution >= 0.6 is 24.8 Å². The summed E-state index contributed by atoms with van der Waals surface area (Å²) in [6.07, 6.45) is 10.2. The number of aromatic amines is 1. The maximum Gasteiger partial charge on any atom is -0.147 e. The molecule has 166 valence electrons. The molecule has 0 atom stereocenters. The van der Waals surface area contributed by atoms with Gasteiger partial charge >= 0.3 is 150 Å². The van der Waals surface area contributed by atoms with Crippen molar-refractivity contribution in [2.45, 2.75) is 86.6 Å². The molecular weight excluding hydrogens is 464 g/mol. The molecule has 0 bridgehead atoms. The third-order valence-electron chi connectivity index (χ3n) is 16.9. The van der Waals surface area contributed by atoms with E-state index >= 15 is 0 Å². The van der Waals surface area contributed by atoms with Gasteiger partial charge in [-0.2, -0.15) is 0 Å². The first kappa shape index (κ1) is 28.1. The van der Waals surface area contributed by atoms with E-state index in [1.54, 1.807) is 6.49 Å². The summed E-state index contributed by atoms with van der Waals surface area (Å²) in [6, 6.07) is 4.58. The van der Waals surface area contributed by atoms with E-state index in [0.29, 0.717) is 0 Å². The van der Waals surface area contributed by atoms with Crippen molar-refractivity contribution in [2.24, 2.45) is 0 Å². The van der Waals surface area contributed by atoms with E-state index in [0.717, 1.165) is 6.42 Å². The van der Waals surface area contributed by atoms with Crippen molar-refractivity contribution in [1.29, 1.82) is 0 Å². The van der Waals surface area contributed by atoms with Crippen molar-refractivity contribution >= 4 is 31.4 Å². The number of hydrogen-bond donors (Lipinski definition) is 1. The van der Waals surface area contributed by atoms with Crippen LogP contribution in [-0.2, 0) is 12.4 Å². The van der Waals surface area contributed by atoms with Crippen molar-refractivity contribution in [1.82, 2.24) is 4.98 Å². The molecule has 0 spiro atoms. The minimum atomic E-state index is -6.16. The van der Waals surface area contributed by atoms with Crippen LogP contribution in [-0.4, -0.2) is 8.19 Å². The molecule has 1 nitrogen and oxygen atoms in total. The molecule has 1 aliphatic carbocycles. The molecule has 1 aliphatic rings. The quantitative estimate of drug-likeness (QED) is 0.408. The predicted molar refractivity (Wildman–Crippen MR) is 136 cm³/mol. The Bertz CT molecular complexity index is 1050. The molecule has 0 aliphatic heterocycles. The molecule has 2 rings (SSSR count). The Hall–Kier alpha value is 0.0931. The Morgan fingerprint density at radius 2 is 1.36 bits per heavy atom. The molecule has 1 aromatic heterocycles. The fraction of sp³-hybridized carbons (Fsp3) is 0.625. The van der Waals surface area contributed by atoms with Crippen molar-refractivity contribution in [3.63, 3.8) is 0 Å². The molecule has 4 heteroatoms. The first-order valence-electron chi connectivity index (χ1n) is 10.5. The van der Waals surface area contributed by atoms with Gasteiger partial charge in [0.1, 0.15) is 0 Å². The average Bonchev–Trinajstić information content (AvgIpc) is 3.12. The minimum absolute atomic E-state index is 0. The second-order valence-corrected chi connectivity index (χ2v) is 75.4. The van der Waals surface area contributed by atoms with Gasteiger partial charge in [0.15, 0.2) is 0 Å². The van der Waals surface area contributed by atoms with Crippen molar-refractivity contribution in [2.75, 3.05) is 0 Å². The van der Waals surface area contributed by atoms with E-state index in [1.807, 2.05) is 0 Å². The first-order valence-corrected chi connectivity index (χ1v) is 26.4. The monoisotopic (exact) mass is 509 g/mol. The zero-order valence-corrected chi connectivity index (χ0v) is 24.6. The summed E-state index contributed by atoms with van der Waals surface area (Å²) in [5, 5.41) is 0. The maximum atomic E-state index is 3.84. The Labute approximate surface area is 174 Å². The van der Waals surface area contributed by atoms with Crippen LogP contribution < -0.4 is 3.40 Å². The molecule has 0 saturated heterocycles. The summed E-state index contributed by atoms with van der Waals surface area (Å²) in [5.41, 5.74) is 0. The number of halogens is 2. The SMILES string of the molecule is C[C](C)=[Zr]([CH3])([CH3])([CH3])([CH3])([C]1=CC=CC1)([c]1ccc[nH]1)([C](C)(C)C)[C](C)(C)C.Cl.Cl. The number of aromatic nitrogens is 1. The number of allylic oxidation sites excluding steroid dienone is 4. The topological polar surface area (TPSA) is 15.8 Å². The van der Waals surface area contributed by atoms with Gasteiger partial charge in [0, 0.05) is 0 Å². The van der Waals surface area contributed by atoms with Crippen LogP contribution in [0.5, 0.6) is 0 Å². The van der Waals surface area contributed by atoms with E-state index in [9.17, 15) is 0 Å². The first-order chi connectivity index (χ1) is 11.0.